The lowest BCUT2D eigenvalue weighted by Crippen LogP contribution is -2.54. The predicted octanol–water partition coefficient (Wildman–Crippen LogP) is 1.50. The van der Waals surface area contributed by atoms with Crippen LogP contribution in [0.1, 0.15) is 20.8 Å². The van der Waals surface area contributed by atoms with Crippen LogP contribution in [0, 0.1) is 0 Å². The third-order valence-electron chi connectivity index (χ3n) is 4.85. The Morgan fingerprint density at radius 1 is 1.08 bits per heavy atom. The Morgan fingerprint density at radius 3 is 2.24 bits per heavy atom. The van der Waals surface area contributed by atoms with Crippen molar-refractivity contribution in [2.24, 2.45) is 0 Å². The molecule has 0 bridgehead atoms. The van der Waals surface area contributed by atoms with E-state index < -0.39 is 0 Å². The standard InChI is InChI=1S/C19H30N4O2/c1-4-22(5-2)18(24)15-21-11-13-23(14-12-21)16(3)19(25)20-17-9-7-6-8-10-17/h6-10,16H,4-5,11-15H2,1-3H3,(H,20,25). The molecule has 0 spiro atoms. The van der Waals surface area contributed by atoms with Crippen molar-refractivity contribution in [2.45, 2.75) is 26.8 Å². The molecule has 1 aliphatic rings. The number of likely N-dealkylation sites (N-methyl/N-ethyl adjacent to an activating group) is 1. The van der Waals surface area contributed by atoms with Gasteiger partial charge in [0.15, 0.2) is 0 Å². The fraction of sp³-hybridized carbons (Fsp3) is 0.579. The van der Waals surface area contributed by atoms with Gasteiger partial charge in [-0.2, -0.15) is 0 Å². The zero-order valence-corrected chi connectivity index (χ0v) is 15.6. The molecule has 1 atom stereocenters. The smallest absolute Gasteiger partial charge is 0.241 e. The maximum Gasteiger partial charge on any atom is 0.241 e. The van der Waals surface area contributed by atoms with Gasteiger partial charge in [-0.3, -0.25) is 19.4 Å². The number of rotatable bonds is 7. The maximum atomic E-state index is 12.4. The molecule has 0 radical (unpaired) electrons. The van der Waals surface area contributed by atoms with Gasteiger partial charge in [-0.15, -0.1) is 0 Å². The fourth-order valence-corrected chi connectivity index (χ4v) is 3.11. The number of nitrogens with one attached hydrogen (secondary N) is 1. The molecule has 1 unspecified atom stereocenters. The van der Waals surface area contributed by atoms with E-state index >= 15 is 0 Å². The number of carbonyl (C=O) groups is 2. The molecule has 6 nitrogen and oxygen atoms in total. The SMILES string of the molecule is CCN(CC)C(=O)CN1CCN(C(C)C(=O)Nc2ccccc2)CC1. The van der Waals surface area contributed by atoms with Crippen molar-refractivity contribution in [1.29, 1.82) is 0 Å². The average molecular weight is 346 g/mol. The van der Waals surface area contributed by atoms with Crippen molar-refractivity contribution in [3.8, 4) is 0 Å². The molecule has 138 valence electrons. The predicted molar refractivity (Wildman–Crippen MR) is 100 cm³/mol. The summed E-state index contributed by atoms with van der Waals surface area (Å²) in [6.07, 6.45) is 0. The van der Waals surface area contributed by atoms with Crippen LogP contribution in [-0.4, -0.2) is 78.4 Å². The lowest BCUT2D eigenvalue weighted by molar-refractivity contribution is -0.133. The Hall–Kier alpha value is -1.92. The second-order valence-corrected chi connectivity index (χ2v) is 6.41. The van der Waals surface area contributed by atoms with Gasteiger partial charge in [-0.05, 0) is 32.9 Å². The largest absolute Gasteiger partial charge is 0.342 e. The molecule has 1 saturated heterocycles. The van der Waals surface area contributed by atoms with Crippen LogP contribution in [-0.2, 0) is 9.59 Å². The van der Waals surface area contributed by atoms with E-state index in [0.717, 1.165) is 45.0 Å². The highest BCUT2D eigenvalue weighted by Gasteiger charge is 2.26. The van der Waals surface area contributed by atoms with Crippen molar-refractivity contribution in [2.75, 3.05) is 51.1 Å². The summed E-state index contributed by atoms with van der Waals surface area (Å²) in [5.74, 6) is 0.201. The van der Waals surface area contributed by atoms with Gasteiger partial charge in [0.2, 0.25) is 11.8 Å². The van der Waals surface area contributed by atoms with Gasteiger partial charge >= 0.3 is 0 Å². The Balaban J connectivity index is 1.79. The summed E-state index contributed by atoms with van der Waals surface area (Å²) in [7, 11) is 0. The summed E-state index contributed by atoms with van der Waals surface area (Å²) in [5, 5.41) is 2.96. The van der Waals surface area contributed by atoms with Crippen LogP contribution < -0.4 is 5.32 Å². The normalized spacial score (nSPS) is 17.1. The molecule has 25 heavy (non-hydrogen) atoms. The van der Waals surface area contributed by atoms with E-state index in [1.54, 1.807) is 0 Å². The third-order valence-corrected chi connectivity index (χ3v) is 4.85. The molecule has 6 heteroatoms. The Bertz CT molecular complexity index is 552. The summed E-state index contributed by atoms with van der Waals surface area (Å²) < 4.78 is 0. The van der Waals surface area contributed by atoms with Gasteiger partial charge in [0.25, 0.3) is 0 Å². The fourth-order valence-electron chi connectivity index (χ4n) is 3.11. The Morgan fingerprint density at radius 2 is 1.68 bits per heavy atom. The maximum absolute atomic E-state index is 12.4. The first-order chi connectivity index (χ1) is 12.0. The van der Waals surface area contributed by atoms with Crippen LogP contribution in [0.4, 0.5) is 5.69 Å². The first-order valence-corrected chi connectivity index (χ1v) is 9.15. The van der Waals surface area contributed by atoms with Gasteiger partial charge in [-0.25, -0.2) is 0 Å². The second-order valence-electron chi connectivity index (χ2n) is 6.41. The van der Waals surface area contributed by atoms with E-state index in [4.69, 9.17) is 0 Å². The lowest BCUT2D eigenvalue weighted by atomic mass is 10.2. The first kappa shape index (κ1) is 19.4. The number of amides is 2. The van der Waals surface area contributed by atoms with Gasteiger partial charge in [0, 0.05) is 45.0 Å². The molecule has 1 N–H and O–H groups in total. The summed E-state index contributed by atoms with van der Waals surface area (Å²) in [5.41, 5.74) is 0.822. The van der Waals surface area contributed by atoms with Crippen LogP contribution >= 0.6 is 0 Å². The topological polar surface area (TPSA) is 55.9 Å². The van der Waals surface area contributed by atoms with Crippen LogP contribution in [0.3, 0.4) is 0 Å². The molecule has 1 aromatic carbocycles. The van der Waals surface area contributed by atoms with Gasteiger partial charge < -0.3 is 10.2 Å². The number of hydrogen-bond donors (Lipinski definition) is 1. The van der Waals surface area contributed by atoms with Crippen LogP contribution in [0.5, 0.6) is 0 Å². The molecule has 2 rings (SSSR count). The molecule has 1 aliphatic heterocycles. The molecule has 0 saturated carbocycles. The van der Waals surface area contributed by atoms with E-state index in [2.05, 4.69) is 15.1 Å². The highest BCUT2D eigenvalue weighted by molar-refractivity contribution is 5.94. The molecule has 0 aliphatic carbocycles. The van der Waals surface area contributed by atoms with Crippen molar-refractivity contribution >= 4 is 17.5 Å². The summed E-state index contributed by atoms with van der Waals surface area (Å²) in [4.78, 5) is 30.8. The van der Waals surface area contributed by atoms with Crippen LogP contribution in [0.2, 0.25) is 0 Å². The van der Waals surface area contributed by atoms with E-state index in [0.29, 0.717) is 6.54 Å². The van der Waals surface area contributed by atoms with Crippen molar-refractivity contribution in [3.05, 3.63) is 30.3 Å². The van der Waals surface area contributed by atoms with Gasteiger partial charge in [-0.1, -0.05) is 18.2 Å². The first-order valence-electron chi connectivity index (χ1n) is 9.15. The molecule has 1 aromatic rings. The highest BCUT2D eigenvalue weighted by atomic mass is 16.2. The second kappa shape index (κ2) is 9.53. The van der Waals surface area contributed by atoms with E-state index in [1.807, 2.05) is 56.0 Å². The minimum atomic E-state index is -0.180. The molecular weight excluding hydrogens is 316 g/mol. The van der Waals surface area contributed by atoms with E-state index in [-0.39, 0.29) is 17.9 Å². The lowest BCUT2D eigenvalue weighted by Gasteiger charge is -2.37. The minimum Gasteiger partial charge on any atom is -0.342 e. The van der Waals surface area contributed by atoms with Gasteiger partial charge in [0.05, 0.1) is 12.6 Å². The van der Waals surface area contributed by atoms with Crippen molar-refractivity contribution < 1.29 is 9.59 Å². The number of hydrogen-bond acceptors (Lipinski definition) is 4. The van der Waals surface area contributed by atoms with Gasteiger partial charge in [0.1, 0.15) is 0 Å². The molecule has 1 fully saturated rings. The van der Waals surface area contributed by atoms with Crippen molar-refractivity contribution in [3.63, 3.8) is 0 Å². The molecule has 0 aromatic heterocycles. The number of benzene rings is 1. The minimum absolute atomic E-state index is 0.0128. The Kier molecular flexibility index (Phi) is 7.40. The zero-order valence-electron chi connectivity index (χ0n) is 15.6. The molecule has 1 heterocycles. The third kappa shape index (κ3) is 5.54. The zero-order chi connectivity index (χ0) is 18.2. The Labute approximate surface area is 150 Å². The number of piperazine rings is 1. The van der Waals surface area contributed by atoms with Crippen molar-refractivity contribution in [1.82, 2.24) is 14.7 Å². The van der Waals surface area contributed by atoms with E-state index in [1.165, 1.54) is 0 Å². The number of nitrogens with zero attached hydrogens (tertiary/aromatic N) is 3. The summed E-state index contributed by atoms with van der Waals surface area (Å²) >= 11 is 0. The van der Waals surface area contributed by atoms with E-state index in [9.17, 15) is 9.59 Å². The molecular formula is C19H30N4O2. The number of para-hydroxylation sites is 1. The quantitative estimate of drug-likeness (QED) is 0.813. The number of anilines is 1. The monoisotopic (exact) mass is 346 g/mol. The summed E-state index contributed by atoms with van der Waals surface area (Å²) in [6.45, 7) is 11.2. The summed E-state index contributed by atoms with van der Waals surface area (Å²) in [6, 6.07) is 9.35. The van der Waals surface area contributed by atoms with Crippen LogP contribution in [0.25, 0.3) is 0 Å². The number of carbonyl (C=O) groups excluding carboxylic acids is 2. The average Bonchev–Trinajstić information content (AvgIpc) is 2.63. The highest BCUT2D eigenvalue weighted by Crippen LogP contribution is 2.11. The molecule has 2 amide bonds. The van der Waals surface area contributed by atoms with Crippen LogP contribution in [0.15, 0.2) is 30.3 Å².